The number of aliphatic hydroxyl groups is 3. The number of hydrogen-bond acceptors (Lipinski definition) is 7. The van der Waals surface area contributed by atoms with Crippen LogP contribution in [0.4, 0.5) is 0 Å². The topological polar surface area (TPSA) is 105 Å². The lowest BCUT2D eigenvalue weighted by atomic mass is 9.99. The Morgan fingerprint density at radius 1 is 0.676 bits per heavy atom. The van der Waals surface area contributed by atoms with E-state index in [1.165, 1.54) is 97.0 Å². The average molecular weight is 489 g/mol. The summed E-state index contributed by atoms with van der Waals surface area (Å²) in [6, 6.07) is 0. The van der Waals surface area contributed by atoms with Crippen LogP contribution in [0.2, 0.25) is 0 Å². The van der Waals surface area contributed by atoms with E-state index >= 15 is 0 Å². The molecule has 0 amide bonds. The first-order valence-corrected chi connectivity index (χ1v) is 13.9. The van der Waals surface area contributed by atoms with Crippen LogP contribution < -0.4 is 0 Å². The Labute approximate surface area is 207 Å². The summed E-state index contributed by atoms with van der Waals surface area (Å²) < 4.78 is 15.5. The number of hydrogen-bond donors (Lipinski definition) is 3. The molecule has 0 bridgehead atoms. The molecule has 1 fully saturated rings. The molecule has 0 aromatic rings. The molecule has 1 aliphatic rings. The molecule has 0 radical (unpaired) electrons. The minimum absolute atomic E-state index is 0.178. The molecule has 0 spiro atoms. The molecule has 202 valence electrons. The Kier molecular flexibility index (Phi) is 18.8. The van der Waals surface area contributed by atoms with Gasteiger partial charge in [0.15, 0.2) is 6.29 Å². The lowest BCUT2D eigenvalue weighted by Gasteiger charge is -2.39. The fraction of sp³-hybridized carbons (Fsp3) is 0.963. The third-order valence-electron chi connectivity index (χ3n) is 6.79. The van der Waals surface area contributed by atoms with Gasteiger partial charge in [-0.2, -0.15) is 0 Å². The van der Waals surface area contributed by atoms with Crippen molar-refractivity contribution in [2.45, 2.75) is 153 Å². The minimum Gasteiger partial charge on any atom is -0.463 e. The minimum atomic E-state index is -1.41. The molecular weight excluding hydrogens is 436 g/mol. The molecule has 5 atom stereocenters. The van der Waals surface area contributed by atoms with Crippen molar-refractivity contribution in [3.8, 4) is 0 Å². The monoisotopic (exact) mass is 488 g/mol. The Hall–Kier alpha value is -0.730. The van der Waals surface area contributed by atoms with Crippen LogP contribution in [0.1, 0.15) is 122 Å². The van der Waals surface area contributed by atoms with Crippen LogP contribution in [-0.2, 0) is 19.0 Å². The molecule has 1 aliphatic heterocycles. The zero-order chi connectivity index (χ0) is 25.0. The van der Waals surface area contributed by atoms with E-state index in [9.17, 15) is 20.1 Å². The second kappa shape index (κ2) is 20.5. The van der Waals surface area contributed by atoms with Gasteiger partial charge in [0.25, 0.3) is 0 Å². The summed E-state index contributed by atoms with van der Waals surface area (Å²) in [5, 5.41) is 29.6. The molecule has 3 N–H and O–H groups in total. The second-order valence-electron chi connectivity index (χ2n) is 9.84. The summed E-state index contributed by atoms with van der Waals surface area (Å²) in [6.07, 6.45) is 16.2. The van der Waals surface area contributed by atoms with Crippen molar-refractivity contribution in [3.05, 3.63) is 0 Å². The smallest absolute Gasteiger partial charge is 0.305 e. The Bertz CT molecular complexity index is 486. The van der Waals surface area contributed by atoms with Crippen molar-refractivity contribution in [3.63, 3.8) is 0 Å². The van der Waals surface area contributed by atoms with Crippen LogP contribution in [0.25, 0.3) is 0 Å². The lowest BCUT2D eigenvalue weighted by molar-refractivity contribution is -0.295. The van der Waals surface area contributed by atoms with Crippen molar-refractivity contribution in [2.24, 2.45) is 0 Å². The highest BCUT2D eigenvalue weighted by Gasteiger charge is 2.44. The Balaban J connectivity index is 1.88. The molecule has 34 heavy (non-hydrogen) atoms. The highest BCUT2D eigenvalue weighted by molar-refractivity contribution is 5.69. The second-order valence-corrected chi connectivity index (χ2v) is 9.84. The van der Waals surface area contributed by atoms with Gasteiger partial charge in [-0.1, -0.05) is 110 Å². The Morgan fingerprint density at radius 3 is 1.56 bits per heavy atom. The standard InChI is InChI=1S/C27H52O7/c1-3-4-5-6-7-8-9-10-11-12-13-14-15-16-17-18-19-20-23(28)33-21-22-24(29)25(30)26(31)27(32-2)34-22/h22,24-27,29-31H,3-21H2,1-2H3/t22-,24-,25+,26+,27+/m1/s1. The fourth-order valence-corrected chi connectivity index (χ4v) is 4.49. The summed E-state index contributed by atoms with van der Waals surface area (Å²) in [6.45, 7) is 2.09. The number of unbranched alkanes of at least 4 members (excludes halogenated alkanes) is 16. The maximum Gasteiger partial charge on any atom is 0.305 e. The van der Waals surface area contributed by atoms with E-state index in [1.807, 2.05) is 0 Å². The molecule has 0 aliphatic carbocycles. The fourth-order valence-electron chi connectivity index (χ4n) is 4.49. The number of rotatable bonds is 21. The van der Waals surface area contributed by atoms with Crippen LogP contribution in [0, 0.1) is 0 Å². The van der Waals surface area contributed by atoms with Crippen molar-refractivity contribution >= 4 is 5.97 Å². The zero-order valence-corrected chi connectivity index (χ0v) is 21.8. The molecule has 7 heteroatoms. The van der Waals surface area contributed by atoms with Crippen molar-refractivity contribution in [1.29, 1.82) is 0 Å². The number of aliphatic hydroxyl groups excluding tert-OH is 3. The Morgan fingerprint density at radius 2 is 1.12 bits per heavy atom. The molecule has 7 nitrogen and oxygen atoms in total. The van der Waals surface area contributed by atoms with Crippen molar-refractivity contribution in [1.82, 2.24) is 0 Å². The van der Waals surface area contributed by atoms with Gasteiger partial charge in [-0.3, -0.25) is 4.79 Å². The predicted octanol–water partition coefficient (Wildman–Crippen LogP) is 5.03. The molecule has 1 rings (SSSR count). The number of carbonyl (C=O) groups is 1. The summed E-state index contributed by atoms with van der Waals surface area (Å²) in [5.74, 6) is -0.341. The molecule has 0 aromatic heterocycles. The van der Waals surface area contributed by atoms with Gasteiger partial charge in [-0.15, -0.1) is 0 Å². The van der Waals surface area contributed by atoms with Crippen molar-refractivity contribution < 1.29 is 34.3 Å². The molecule has 0 unspecified atom stereocenters. The predicted molar refractivity (Wildman–Crippen MR) is 133 cm³/mol. The molecule has 0 saturated carbocycles. The van der Waals surface area contributed by atoms with E-state index in [1.54, 1.807) is 0 Å². The van der Waals surface area contributed by atoms with Crippen LogP contribution in [0.5, 0.6) is 0 Å². The zero-order valence-electron chi connectivity index (χ0n) is 21.8. The van der Waals surface area contributed by atoms with Gasteiger partial charge in [-0.25, -0.2) is 0 Å². The summed E-state index contributed by atoms with van der Waals surface area (Å²) in [4.78, 5) is 11.9. The quantitative estimate of drug-likeness (QED) is 0.154. The highest BCUT2D eigenvalue weighted by atomic mass is 16.7. The number of esters is 1. The van der Waals surface area contributed by atoms with Gasteiger partial charge >= 0.3 is 5.97 Å². The van der Waals surface area contributed by atoms with Crippen LogP contribution >= 0.6 is 0 Å². The normalized spacial score (nSPS) is 24.9. The molecular formula is C27H52O7. The van der Waals surface area contributed by atoms with E-state index in [2.05, 4.69) is 6.92 Å². The van der Waals surface area contributed by atoms with E-state index in [-0.39, 0.29) is 12.6 Å². The first kappa shape index (κ1) is 31.3. The first-order chi connectivity index (χ1) is 16.5. The third kappa shape index (κ3) is 14.0. The number of carbonyl (C=O) groups excluding carboxylic acids is 1. The van der Waals surface area contributed by atoms with Gasteiger partial charge in [0.1, 0.15) is 31.0 Å². The van der Waals surface area contributed by atoms with E-state index in [0.29, 0.717) is 6.42 Å². The van der Waals surface area contributed by atoms with Crippen molar-refractivity contribution in [2.75, 3.05) is 13.7 Å². The van der Waals surface area contributed by atoms with Gasteiger partial charge in [-0.05, 0) is 6.42 Å². The third-order valence-corrected chi connectivity index (χ3v) is 6.79. The maximum atomic E-state index is 11.9. The lowest BCUT2D eigenvalue weighted by Crippen LogP contribution is -2.59. The molecule has 1 heterocycles. The van der Waals surface area contributed by atoms with Crippen LogP contribution in [0.3, 0.4) is 0 Å². The van der Waals surface area contributed by atoms with Crippen LogP contribution in [0.15, 0.2) is 0 Å². The van der Waals surface area contributed by atoms with Crippen LogP contribution in [-0.4, -0.2) is 65.7 Å². The summed E-state index contributed by atoms with van der Waals surface area (Å²) in [5.41, 5.74) is 0. The SMILES string of the molecule is CCCCCCCCCCCCCCCCCCCC(=O)OC[C@H]1O[C@H](OC)[C@@H](O)[C@@H](O)[C@@H]1O. The molecule has 0 aromatic carbocycles. The van der Waals surface area contributed by atoms with E-state index in [0.717, 1.165) is 19.3 Å². The van der Waals surface area contributed by atoms with Gasteiger partial charge < -0.3 is 29.5 Å². The average Bonchev–Trinajstić information content (AvgIpc) is 2.84. The van der Waals surface area contributed by atoms with Gasteiger partial charge in [0.05, 0.1) is 0 Å². The summed E-state index contributed by atoms with van der Waals surface area (Å²) in [7, 11) is 1.33. The van der Waals surface area contributed by atoms with E-state index in [4.69, 9.17) is 14.2 Å². The summed E-state index contributed by atoms with van der Waals surface area (Å²) >= 11 is 0. The number of methoxy groups -OCH3 is 1. The maximum absolute atomic E-state index is 11.9. The number of ether oxygens (including phenoxy) is 3. The van der Waals surface area contributed by atoms with Gasteiger partial charge in [0.2, 0.25) is 0 Å². The largest absolute Gasteiger partial charge is 0.463 e. The van der Waals surface area contributed by atoms with Gasteiger partial charge in [0, 0.05) is 13.5 Å². The molecule has 1 saturated heterocycles. The van der Waals surface area contributed by atoms with E-state index < -0.39 is 30.7 Å². The highest BCUT2D eigenvalue weighted by Crippen LogP contribution is 2.22. The first-order valence-electron chi connectivity index (χ1n) is 13.9.